The van der Waals surface area contributed by atoms with Gasteiger partial charge in [-0.1, -0.05) is 25.0 Å². The summed E-state index contributed by atoms with van der Waals surface area (Å²) in [6.45, 7) is 1.13. The monoisotopic (exact) mass is 370 g/mol. The zero-order chi connectivity index (χ0) is 19.0. The van der Waals surface area contributed by atoms with Crippen molar-refractivity contribution in [2.24, 2.45) is 5.73 Å². The van der Waals surface area contributed by atoms with Gasteiger partial charge in [-0.25, -0.2) is 0 Å². The quantitative estimate of drug-likeness (QED) is 0.676. The largest absolute Gasteiger partial charge is 0.368 e. The van der Waals surface area contributed by atoms with Gasteiger partial charge in [0.1, 0.15) is 6.04 Å². The lowest BCUT2D eigenvalue weighted by atomic mass is 9.78. The fraction of sp³-hybridized carbons (Fsp3) is 0.550. The third-order valence-corrected chi connectivity index (χ3v) is 6.13. The van der Waals surface area contributed by atoms with Crippen LogP contribution in [0.2, 0.25) is 0 Å². The number of nitrogens with zero attached hydrogens (tertiary/aromatic N) is 1. The van der Waals surface area contributed by atoms with Gasteiger partial charge in [-0.3, -0.25) is 14.4 Å². The lowest BCUT2D eigenvalue weighted by molar-refractivity contribution is -0.136. The first kappa shape index (κ1) is 18.0. The first-order valence-corrected chi connectivity index (χ1v) is 9.76. The molecule has 0 aliphatic carbocycles. The van der Waals surface area contributed by atoms with Crippen LogP contribution in [0.25, 0.3) is 0 Å². The second-order valence-electron chi connectivity index (χ2n) is 7.90. The minimum atomic E-state index is -0.888. The van der Waals surface area contributed by atoms with Crippen molar-refractivity contribution in [3.05, 3.63) is 29.3 Å². The van der Waals surface area contributed by atoms with Gasteiger partial charge >= 0.3 is 0 Å². The highest BCUT2D eigenvalue weighted by atomic mass is 16.2. The Kier molecular flexibility index (Phi) is 4.63. The van der Waals surface area contributed by atoms with Crippen molar-refractivity contribution in [3.63, 3.8) is 0 Å². The van der Waals surface area contributed by atoms with Crippen molar-refractivity contribution in [1.82, 2.24) is 10.2 Å². The number of amides is 3. The Morgan fingerprint density at radius 2 is 2.00 bits per heavy atom. The van der Waals surface area contributed by atoms with Gasteiger partial charge in [0.15, 0.2) is 0 Å². The molecule has 0 aromatic heterocycles. The Bertz CT molecular complexity index is 793. The fourth-order valence-electron chi connectivity index (χ4n) is 4.63. The standard InChI is InChI=1S/C20H26N4O3/c21-18(26)16-10-20-12-24(16)17(25)11-22-8-4-2-1-3-5-13-6-7-15(14(20)9-13)23-19(20)27/h6-7,9,16,22H,1-5,8,10-12H2,(H2,21,26)(H,23,27)/t16-,20-/m0/s1. The Morgan fingerprint density at radius 1 is 1.19 bits per heavy atom. The first-order chi connectivity index (χ1) is 13.0. The lowest BCUT2D eigenvalue weighted by Crippen LogP contribution is -2.47. The number of nitrogens with two attached hydrogens (primary N) is 1. The Hall–Kier alpha value is -2.41. The van der Waals surface area contributed by atoms with Crippen LogP contribution in [0.3, 0.4) is 0 Å². The molecule has 144 valence electrons. The summed E-state index contributed by atoms with van der Waals surface area (Å²) in [5.41, 5.74) is 7.58. The van der Waals surface area contributed by atoms with E-state index in [1.807, 2.05) is 6.07 Å². The molecule has 4 rings (SSSR count). The highest BCUT2D eigenvalue weighted by Crippen LogP contribution is 2.46. The molecule has 1 saturated heterocycles. The summed E-state index contributed by atoms with van der Waals surface area (Å²) < 4.78 is 0. The number of hydrogen-bond donors (Lipinski definition) is 3. The molecule has 3 amide bonds. The minimum absolute atomic E-state index is 0.145. The lowest BCUT2D eigenvalue weighted by Gasteiger charge is -2.24. The molecule has 1 aromatic rings. The van der Waals surface area contributed by atoms with Crippen LogP contribution in [0.15, 0.2) is 18.2 Å². The molecule has 0 saturated carbocycles. The maximum absolute atomic E-state index is 12.9. The van der Waals surface area contributed by atoms with Crippen LogP contribution in [-0.2, 0) is 26.2 Å². The van der Waals surface area contributed by atoms with E-state index in [0.717, 1.165) is 49.9 Å². The van der Waals surface area contributed by atoms with Gasteiger partial charge in [-0.15, -0.1) is 0 Å². The van der Waals surface area contributed by atoms with Gasteiger partial charge in [0.25, 0.3) is 0 Å². The molecule has 0 radical (unpaired) electrons. The smallest absolute Gasteiger partial charge is 0.240 e. The number of hydrogen-bond acceptors (Lipinski definition) is 4. The number of fused-ring (bicyclic) bond motifs is 2. The average Bonchev–Trinajstić information content (AvgIpc) is 3.17. The van der Waals surface area contributed by atoms with Crippen molar-refractivity contribution in [2.75, 3.05) is 25.0 Å². The van der Waals surface area contributed by atoms with E-state index in [1.54, 1.807) is 0 Å². The summed E-state index contributed by atoms with van der Waals surface area (Å²) >= 11 is 0. The van der Waals surface area contributed by atoms with Gasteiger partial charge in [-0.2, -0.15) is 0 Å². The molecule has 3 heterocycles. The number of carbonyl (C=O) groups is 3. The maximum atomic E-state index is 12.9. The topological polar surface area (TPSA) is 105 Å². The third-order valence-electron chi connectivity index (χ3n) is 6.13. The molecule has 1 fully saturated rings. The van der Waals surface area contributed by atoms with E-state index in [4.69, 9.17) is 5.73 Å². The summed E-state index contributed by atoms with van der Waals surface area (Å²) in [4.78, 5) is 39.2. The van der Waals surface area contributed by atoms with E-state index in [1.165, 1.54) is 10.5 Å². The number of aryl methyl sites for hydroxylation is 1. The highest BCUT2D eigenvalue weighted by molar-refractivity contribution is 6.08. The number of carbonyl (C=O) groups excluding carboxylic acids is 3. The number of rotatable bonds is 1. The van der Waals surface area contributed by atoms with Gasteiger partial charge in [0.2, 0.25) is 17.7 Å². The van der Waals surface area contributed by atoms with E-state index >= 15 is 0 Å². The van der Waals surface area contributed by atoms with Gasteiger partial charge in [0, 0.05) is 12.2 Å². The van der Waals surface area contributed by atoms with E-state index in [9.17, 15) is 14.4 Å². The summed E-state index contributed by atoms with van der Waals surface area (Å²) in [5, 5.41) is 6.11. The summed E-state index contributed by atoms with van der Waals surface area (Å²) in [6.07, 6.45) is 5.59. The molecule has 3 aliphatic heterocycles. The predicted molar refractivity (Wildman–Crippen MR) is 101 cm³/mol. The van der Waals surface area contributed by atoms with E-state index < -0.39 is 17.4 Å². The minimum Gasteiger partial charge on any atom is -0.368 e. The van der Waals surface area contributed by atoms with Crippen molar-refractivity contribution in [1.29, 1.82) is 0 Å². The SMILES string of the molecule is NC(=O)[C@@H]1C[C@]23CN1C(=O)CNCCCCCCc1ccc(c2c1)NC3=O. The molecule has 3 aliphatic rings. The van der Waals surface area contributed by atoms with Crippen molar-refractivity contribution >= 4 is 23.4 Å². The molecule has 7 heteroatoms. The van der Waals surface area contributed by atoms with Crippen LogP contribution in [-0.4, -0.2) is 48.3 Å². The molecular weight excluding hydrogens is 344 g/mol. The molecule has 1 aromatic carbocycles. The Balaban J connectivity index is 1.75. The van der Waals surface area contributed by atoms with Crippen molar-refractivity contribution < 1.29 is 14.4 Å². The van der Waals surface area contributed by atoms with Crippen LogP contribution < -0.4 is 16.4 Å². The second kappa shape index (κ2) is 6.96. The molecular formula is C20H26N4O3. The van der Waals surface area contributed by atoms with E-state index in [-0.39, 0.29) is 31.3 Å². The molecule has 27 heavy (non-hydrogen) atoms. The first-order valence-electron chi connectivity index (χ1n) is 9.76. The van der Waals surface area contributed by atoms with Gasteiger partial charge in [-0.05, 0) is 49.4 Å². The predicted octanol–water partition coefficient (Wildman–Crippen LogP) is 0.669. The number of benzene rings is 1. The zero-order valence-corrected chi connectivity index (χ0v) is 15.4. The van der Waals surface area contributed by atoms with Crippen LogP contribution in [0.5, 0.6) is 0 Å². The highest BCUT2D eigenvalue weighted by Gasteiger charge is 2.57. The zero-order valence-electron chi connectivity index (χ0n) is 15.4. The van der Waals surface area contributed by atoms with Crippen LogP contribution in [0.4, 0.5) is 5.69 Å². The number of nitrogens with one attached hydrogen (secondary N) is 2. The summed E-state index contributed by atoms with van der Waals surface area (Å²) in [5.74, 6) is -0.879. The van der Waals surface area contributed by atoms with Gasteiger partial charge in [0.05, 0.1) is 12.0 Å². The number of anilines is 1. The van der Waals surface area contributed by atoms with Crippen LogP contribution in [0, 0.1) is 0 Å². The van der Waals surface area contributed by atoms with Crippen LogP contribution >= 0.6 is 0 Å². The summed E-state index contributed by atoms with van der Waals surface area (Å²) in [7, 11) is 0. The Morgan fingerprint density at radius 3 is 2.81 bits per heavy atom. The average molecular weight is 370 g/mol. The molecule has 4 bridgehead atoms. The van der Waals surface area contributed by atoms with Crippen molar-refractivity contribution in [2.45, 2.75) is 50.0 Å². The molecule has 7 nitrogen and oxygen atoms in total. The Labute approximate surface area is 158 Å². The maximum Gasteiger partial charge on any atom is 0.240 e. The fourth-order valence-corrected chi connectivity index (χ4v) is 4.63. The van der Waals surface area contributed by atoms with Crippen LogP contribution in [0.1, 0.15) is 43.2 Å². The second-order valence-corrected chi connectivity index (χ2v) is 7.90. The third kappa shape index (κ3) is 3.10. The molecule has 2 atom stereocenters. The molecule has 4 N–H and O–H groups in total. The van der Waals surface area contributed by atoms with Gasteiger partial charge < -0.3 is 21.3 Å². The van der Waals surface area contributed by atoms with Crippen molar-refractivity contribution in [3.8, 4) is 0 Å². The molecule has 0 unspecified atom stereocenters. The number of primary amides is 1. The van der Waals surface area contributed by atoms with E-state index in [2.05, 4.69) is 22.8 Å². The van der Waals surface area contributed by atoms with E-state index in [0.29, 0.717) is 0 Å². The normalized spacial score (nSPS) is 28.4. The molecule has 1 spiro atoms. The summed E-state index contributed by atoms with van der Waals surface area (Å²) in [6, 6.07) is 5.33.